The van der Waals surface area contributed by atoms with Gasteiger partial charge in [-0.1, -0.05) is 24.3 Å². The lowest BCUT2D eigenvalue weighted by Crippen LogP contribution is -2.48. The second-order valence-corrected chi connectivity index (χ2v) is 18.2. The Morgan fingerprint density at radius 2 is 1.52 bits per heavy atom. The van der Waals surface area contributed by atoms with Crippen molar-refractivity contribution in [3.8, 4) is 28.3 Å². The molecule has 2 aliphatic rings. The van der Waals surface area contributed by atoms with E-state index in [0.717, 1.165) is 35.1 Å². The number of likely N-dealkylation sites (tertiary alicyclic amines) is 1. The number of nitrogens with one attached hydrogen (secondary N) is 5. The Morgan fingerprint density at radius 3 is 2.16 bits per heavy atom. The van der Waals surface area contributed by atoms with Crippen molar-refractivity contribution in [2.75, 3.05) is 32.1 Å². The van der Waals surface area contributed by atoms with Crippen molar-refractivity contribution < 1.29 is 38.2 Å². The van der Waals surface area contributed by atoms with E-state index in [0.29, 0.717) is 61.7 Å². The lowest BCUT2D eigenvalue weighted by atomic mass is 9.81. The molecule has 5 N–H and O–H groups in total. The van der Waals surface area contributed by atoms with Gasteiger partial charge >= 0.3 is 12.2 Å². The van der Waals surface area contributed by atoms with Gasteiger partial charge in [-0.3, -0.25) is 14.4 Å². The molecule has 0 spiro atoms. The third-order valence-electron chi connectivity index (χ3n) is 10.9. The number of hydrogen-bond donors (Lipinski definition) is 5. The minimum absolute atomic E-state index is 0.195. The molecule has 6 rings (SSSR count). The monoisotopic (exact) mass is 865 g/mol. The van der Waals surface area contributed by atoms with Gasteiger partial charge in [-0.25, -0.2) is 9.59 Å². The second kappa shape index (κ2) is 20.1. The zero-order chi connectivity index (χ0) is 45.3. The molecule has 1 saturated heterocycles. The maximum absolute atomic E-state index is 13.9. The van der Waals surface area contributed by atoms with Crippen LogP contribution in [0.5, 0.6) is 5.75 Å². The summed E-state index contributed by atoms with van der Waals surface area (Å²) in [7, 11) is 1.54. The fourth-order valence-corrected chi connectivity index (χ4v) is 7.65. The van der Waals surface area contributed by atoms with E-state index >= 15 is 0 Å². The summed E-state index contributed by atoms with van der Waals surface area (Å²) in [4.78, 5) is 67.3. The fraction of sp³-hybridized carbons (Fsp3) is 0.478. The van der Waals surface area contributed by atoms with Crippen LogP contribution in [0.25, 0.3) is 22.5 Å². The molecule has 2 heterocycles. The number of rotatable bonds is 13. The van der Waals surface area contributed by atoms with E-state index in [9.17, 15) is 24.0 Å². The van der Waals surface area contributed by atoms with E-state index in [2.05, 4.69) is 41.9 Å². The maximum atomic E-state index is 13.9. The number of benzene rings is 3. The first-order valence-electron chi connectivity index (χ1n) is 21.4. The molecule has 17 heteroatoms. The zero-order valence-electron chi connectivity index (χ0n) is 37.1. The molecule has 4 aromatic rings. The quantitative estimate of drug-likeness (QED) is 0.101. The molecule has 336 valence electrons. The summed E-state index contributed by atoms with van der Waals surface area (Å²) in [5.74, 6) is 0.0195. The summed E-state index contributed by atoms with van der Waals surface area (Å²) in [5.41, 5.74) is 2.90. The van der Waals surface area contributed by atoms with Crippen LogP contribution >= 0.6 is 0 Å². The van der Waals surface area contributed by atoms with E-state index < -0.39 is 29.4 Å². The van der Waals surface area contributed by atoms with Gasteiger partial charge < -0.3 is 40.4 Å². The van der Waals surface area contributed by atoms with Crippen molar-refractivity contribution in [3.05, 3.63) is 77.9 Å². The van der Waals surface area contributed by atoms with Gasteiger partial charge in [-0.15, -0.1) is 10.2 Å². The maximum Gasteiger partial charge on any atom is 0.410 e. The van der Waals surface area contributed by atoms with Crippen molar-refractivity contribution in [2.45, 2.75) is 103 Å². The lowest BCUT2D eigenvalue weighted by Gasteiger charge is -2.29. The van der Waals surface area contributed by atoms with Crippen molar-refractivity contribution in [3.63, 3.8) is 0 Å². The molecule has 1 saturated carbocycles. The van der Waals surface area contributed by atoms with Crippen molar-refractivity contribution in [1.82, 2.24) is 41.5 Å². The third-order valence-corrected chi connectivity index (χ3v) is 10.9. The van der Waals surface area contributed by atoms with Crippen LogP contribution in [0.2, 0.25) is 0 Å². The van der Waals surface area contributed by atoms with Gasteiger partial charge in [-0.05, 0) is 138 Å². The number of aromatic nitrogens is 4. The van der Waals surface area contributed by atoms with Gasteiger partial charge in [0.15, 0.2) is 0 Å². The van der Waals surface area contributed by atoms with E-state index in [4.69, 9.17) is 14.2 Å². The molecule has 2 unspecified atom stereocenters. The number of amides is 5. The molecule has 1 aromatic heterocycles. The lowest BCUT2D eigenvalue weighted by molar-refractivity contribution is -0.130. The Hall–Kier alpha value is -6.52. The highest BCUT2D eigenvalue weighted by Gasteiger charge is 2.32. The molecule has 3 aromatic carbocycles. The minimum atomic E-state index is -0.893. The molecule has 1 aliphatic heterocycles. The smallest absolute Gasteiger partial charge is 0.410 e. The zero-order valence-corrected chi connectivity index (χ0v) is 37.1. The van der Waals surface area contributed by atoms with Crippen LogP contribution in [-0.2, 0) is 25.5 Å². The topological polar surface area (TPSA) is 219 Å². The average Bonchev–Trinajstić information content (AvgIpc) is 3.96. The van der Waals surface area contributed by atoms with Crippen LogP contribution in [0, 0.1) is 11.8 Å². The summed E-state index contributed by atoms with van der Waals surface area (Å²) in [6.45, 7) is 12.2. The standard InChI is InChI=1S/C46H59N9O8/c1-45(2,3)62-43(59)47-26-29-10-14-32(15-11-29)40(56)50-37(42(58)48-34-19-16-31(17-20-34)39-51-53-54-52-39)24-28-8-12-30(13-9-28)36-21-18-33(25-38(36)61-7)41(57)49-35-22-23-55(27-35)44(60)63-46(4,5)6/h8-9,12-13,16-21,25,29,32,35,37H,10-11,14-15,22-24,26-27H2,1-7H3,(H,47,59)(H,48,58)(H,49,57)(H,50,56)(H,51,52,53,54). The molecule has 5 amide bonds. The number of nitrogens with zero attached hydrogens (tertiary/aromatic N) is 4. The summed E-state index contributed by atoms with van der Waals surface area (Å²) in [6, 6.07) is 18.8. The molecule has 2 atom stereocenters. The molecule has 1 aliphatic carbocycles. The van der Waals surface area contributed by atoms with Crippen LogP contribution in [0.15, 0.2) is 66.7 Å². The van der Waals surface area contributed by atoms with Crippen LogP contribution in [0.4, 0.5) is 15.3 Å². The Balaban J connectivity index is 1.10. The van der Waals surface area contributed by atoms with Gasteiger partial charge in [0.05, 0.1) is 7.11 Å². The molecule has 63 heavy (non-hydrogen) atoms. The van der Waals surface area contributed by atoms with Crippen LogP contribution < -0.4 is 26.0 Å². The molecular weight excluding hydrogens is 807 g/mol. The SMILES string of the molecule is COc1cc(C(=O)NC2CCN(C(=O)OC(C)(C)C)C2)ccc1-c1ccc(CC(NC(=O)C2CCC(CNC(=O)OC(C)(C)C)CC2)C(=O)Nc2ccc(-c3nn[nH]n3)cc2)cc1. The predicted octanol–water partition coefficient (Wildman–Crippen LogP) is 6.28. The summed E-state index contributed by atoms with van der Waals surface area (Å²) in [5, 5.41) is 25.9. The van der Waals surface area contributed by atoms with Crippen LogP contribution in [-0.4, -0.2) is 105 Å². The van der Waals surface area contributed by atoms with E-state index in [1.807, 2.05) is 71.9 Å². The second-order valence-electron chi connectivity index (χ2n) is 18.2. The molecular formula is C46H59N9O8. The number of alkyl carbamates (subject to hydrolysis) is 1. The summed E-state index contributed by atoms with van der Waals surface area (Å²) < 4.78 is 16.6. The van der Waals surface area contributed by atoms with Gasteiger partial charge in [0.2, 0.25) is 17.6 Å². The van der Waals surface area contributed by atoms with E-state index in [1.54, 1.807) is 48.4 Å². The van der Waals surface area contributed by atoms with Gasteiger partial charge in [-0.2, -0.15) is 5.21 Å². The number of methoxy groups -OCH3 is 1. The Kier molecular flexibility index (Phi) is 14.7. The predicted molar refractivity (Wildman–Crippen MR) is 236 cm³/mol. The minimum Gasteiger partial charge on any atom is -0.496 e. The number of anilines is 1. The van der Waals surface area contributed by atoms with Crippen LogP contribution in [0.3, 0.4) is 0 Å². The number of tetrazole rings is 1. The van der Waals surface area contributed by atoms with Gasteiger partial charge in [0.25, 0.3) is 5.91 Å². The number of ether oxygens (including phenoxy) is 3. The molecule has 0 radical (unpaired) electrons. The molecule has 0 bridgehead atoms. The number of carbonyl (C=O) groups excluding carboxylic acids is 5. The summed E-state index contributed by atoms with van der Waals surface area (Å²) >= 11 is 0. The summed E-state index contributed by atoms with van der Waals surface area (Å²) in [6.07, 6.45) is 2.74. The highest BCUT2D eigenvalue weighted by Crippen LogP contribution is 2.32. The highest BCUT2D eigenvalue weighted by molar-refractivity contribution is 5.98. The number of aromatic amines is 1. The Labute approximate surface area is 367 Å². The molecule has 2 fully saturated rings. The Bertz CT molecular complexity index is 2210. The largest absolute Gasteiger partial charge is 0.496 e. The fourth-order valence-electron chi connectivity index (χ4n) is 7.65. The van der Waals surface area contributed by atoms with Crippen molar-refractivity contribution >= 4 is 35.6 Å². The van der Waals surface area contributed by atoms with Crippen molar-refractivity contribution in [2.24, 2.45) is 11.8 Å². The third kappa shape index (κ3) is 13.2. The first kappa shape index (κ1) is 46.0. The number of hydrogen-bond acceptors (Lipinski definition) is 11. The van der Waals surface area contributed by atoms with Crippen molar-refractivity contribution in [1.29, 1.82) is 0 Å². The first-order valence-corrected chi connectivity index (χ1v) is 21.4. The highest BCUT2D eigenvalue weighted by atomic mass is 16.6. The van der Waals surface area contributed by atoms with Gasteiger partial charge in [0, 0.05) is 60.4 Å². The van der Waals surface area contributed by atoms with E-state index in [1.165, 1.54) is 0 Å². The van der Waals surface area contributed by atoms with Crippen LogP contribution in [0.1, 0.15) is 89.6 Å². The van der Waals surface area contributed by atoms with E-state index in [-0.39, 0.29) is 42.0 Å². The van der Waals surface area contributed by atoms with Gasteiger partial charge in [0.1, 0.15) is 23.0 Å². The number of carbonyl (C=O) groups is 5. The number of H-pyrrole nitrogens is 1. The first-order chi connectivity index (χ1) is 29.9. The normalized spacial score (nSPS) is 18.1. The molecule has 17 nitrogen and oxygen atoms in total. The Morgan fingerprint density at radius 1 is 0.841 bits per heavy atom. The average molecular weight is 866 g/mol.